The Bertz CT molecular complexity index is 533. The van der Waals surface area contributed by atoms with E-state index in [1.807, 2.05) is 0 Å². The highest BCUT2D eigenvalue weighted by Crippen LogP contribution is 2.19. The molecule has 1 aromatic heterocycles. The number of rotatable bonds is 5. The van der Waals surface area contributed by atoms with Crippen molar-refractivity contribution < 1.29 is 19.0 Å². The number of fused-ring (bicyclic) bond motifs is 1. The molecule has 0 aliphatic rings. The third-order valence-electron chi connectivity index (χ3n) is 2.42. The van der Waals surface area contributed by atoms with E-state index in [2.05, 4.69) is 4.98 Å². The molecule has 5 heteroatoms. The van der Waals surface area contributed by atoms with Crippen molar-refractivity contribution in [2.45, 2.75) is 6.10 Å². The van der Waals surface area contributed by atoms with Crippen molar-refractivity contribution in [1.82, 2.24) is 4.98 Å². The maximum Gasteiger partial charge on any atom is 0.138 e. The van der Waals surface area contributed by atoms with Gasteiger partial charge in [0.25, 0.3) is 0 Å². The fraction of sp³-hybridized carbons (Fsp3) is 0.308. The van der Waals surface area contributed by atoms with Crippen LogP contribution in [-0.4, -0.2) is 36.5 Å². The number of ether oxygens (including phenoxy) is 2. The lowest BCUT2D eigenvalue weighted by Gasteiger charge is -2.11. The smallest absolute Gasteiger partial charge is 0.138 e. The van der Waals surface area contributed by atoms with E-state index in [-0.39, 0.29) is 19.0 Å². The Morgan fingerprint density at radius 3 is 2.94 bits per heavy atom. The Hall–Kier alpha value is -1.72. The minimum atomic E-state index is -0.696. The first-order valence-electron chi connectivity index (χ1n) is 5.54. The predicted octanol–water partition coefficient (Wildman–Crippen LogP) is 1.76. The van der Waals surface area contributed by atoms with Gasteiger partial charge in [-0.05, 0) is 24.3 Å². The van der Waals surface area contributed by atoms with Crippen molar-refractivity contribution in [2.24, 2.45) is 0 Å². The second-order valence-corrected chi connectivity index (χ2v) is 3.93. The van der Waals surface area contributed by atoms with Gasteiger partial charge in [0.05, 0.1) is 18.3 Å². The molecule has 1 atom stereocenters. The number of aliphatic hydroxyl groups is 1. The van der Waals surface area contributed by atoms with Crippen LogP contribution in [0.25, 0.3) is 10.9 Å². The Labute approximate surface area is 104 Å². The van der Waals surface area contributed by atoms with E-state index in [4.69, 9.17) is 9.47 Å². The van der Waals surface area contributed by atoms with Crippen molar-refractivity contribution in [1.29, 1.82) is 0 Å². The van der Waals surface area contributed by atoms with Gasteiger partial charge in [0, 0.05) is 12.5 Å². The lowest BCUT2D eigenvalue weighted by Crippen LogP contribution is -2.22. The molecule has 0 spiro atoms. The van der Waals surface area contributed by atoms with Gasteiger partial charge in [-0.15, -0.1) is 0 Å². The lowest BCUT2D eigenvalue weighted by atomic mass is 10.2. The van der Waals surface area contributed by atoms with E-state index in [1.54, 1.807) is 18.3 Å². The van der Waals surface area contributed by atoms with E-state index >= 15 is 0 Å². The molecule has 1 aromatic carbocycles. The normalized spacial score (nSPS) is 12.6. The molecule has 0 saturated carbocycles. The lowest BCUT2D eigenvalue weighted by molar-refractivity contribution is 0.0325. The molecule has 0 amide bonds. The SMILES string of the molecule is COC[C@@H](O)COc1cnc2ccc(F)cc2c1. The highest BCUT2D eigenvalue weighted by molar-refractivity contribution is 5.79. The number of hydrogen-bond donors (Lipinski definition) is 1. The minimum absolute atomic E-state index is 0.107. The van der Waals surface area contributed by atoms with Gasteiger partial charge >= 0.3 is 0 Å². The fourth-order valence-electron chi connectivity index (χ4n) is 1.59. The monoisotopic (exact) mass is 251 g/mol. The number of hydrogen-bond acceptors (Lipinski definition) is 4. The number of benzene rings is 1. The van der Waals surface area contributed by atoms with Crippen molar-refractivity contribution in [3.63, 3.8) is 0 Å². The van der Waals surface area contributed by atoms with Crippen molar-refractivity contribution in [2.75, 3.05) is 20.3 Å². The van der Waals surface area contributed by atoms with Crippen LogP contribution in [-0.2, 0) is 4.74 Å². The van der Waals surface area contributed by atoms with E-state index in [9.17, 15) is 9.50 Å². The van der Waals surface area contributed by atoms with Crippen LogP contribution in [0, 0.1) is 5.82 Å². The maximum atomic E-state index is 13.1. The van der Waals surface area contributed by atoms with Gasteiger partial charge in [-0.25, -0.2) is 4.39 Å². The first kappa shape index (κ1) is 12.7. The van der Waals surface area contributed by atoms with Crippen LogP contribution in [0.3, 0.4) is 0 Å². The highest BCUT2D eigenvalue weighted by Gasteiger charge is 2.05. The van der Waals surface area contributed by atoms with Gasteiger partial charge in [0.1, 0.15) is 24.3 Å². The molecule has 0 aliphatic carbocycles. The van der Waals surface area contributed by atoms with Crippen LogP contribution < -0.4 is 4.74 Å². The number of nitrogens with zero attached hydrogens (tertiary/aromatic N) is 1. The number of methoxy groups -OCH3 is 1. The van der Waals surface area contributed by atoms with Crippen LogP contribution in [0.5, 0.6) is 5.75 Å². The Morgan fingerprint density at radius 1 is 1.33 bits per heavy atom. The molecule has 1 heterocycles. The summed E-state index contributed by atoms with van der Waals surface area (Å²) in [7, 11) is 1.50. The fourth-order valence-corrected chi connectivity index (χ4v) is 1.59. The van der Waals surface area contributed by atoms with E-state index in [0.29, 0.717) is 16.7 Å². The third kappa shape index (κ3) is 3.15. The quantitative estimate of drug-likeness (QED) is 0.879. The molecule has 0 radical (unpaired) electrons. The molecular formula is C13H14FNO3. The molecule has 0 saturated heterocycles. The first-order valence-corrected chi connectivity index (χ1v) is 5.54. The number of halogens is 1. The highest BCUT2D eigenvalue weighted by atomic mass is 19.1. The molecular weight excluding hydrogens is 237 g/mol. The molecule has 2 aromatic rings. The van der Waals surface area contributed by atoms with E-state index in [0.717, 1.165) is 0 Å². The minimum Gasteiger partial charge on any atom is -0.489 e. The zero-order chi connectivity index (χ0) is 13.0. The maximum absolute atomic E-state index is 13.1. The van der Waals surface area contributed by atoms with Crippen molar-refractivity contribution in [3.05, 3.63) is 36.3 Å². The van der Waals surface area contributed by atoms with Gasteiger partial charge < -0.3 is 14.6 Å². The summed E-state index contributed by atoms with van der Waals surface area (Å²) in [5.74, 6) is 0.170. The number of aromatic nitrogens is 1. The average molecular weight is 251 g/mol. The summed E-state index contributed by atoms with van der Waals surface area (Å²) >= 11 is 0. The Balaban J connectivity index is 2.09. The van der Waals surface area contributed by atoms with E-state index < -0.39 is 6.10 Å². The van der Waals surface area contributed by atoms with E-state index in [1.165, 1.54) is 19.2 Å². The Morgan fingerprint density at radius 2 is 2.17 bits per heavy atom. The second-order valence-electron chi connectivity index (χ2n) is 3.93. The first-order chi connectivity index (χ1) is 8.69. The summed E-state index contributed by atoms with van der Waals surface area (Å²) in [5.41, 5.74) is 0.696. The molecule has 0 unspecified atom stereocenters. The van der Waals surface area contributed by atoms with Crippen molar-refractivity contribution in [3.8, 4) is 5.75 Å². The van der Waals surface area contributed by atoms with Gasteiger partial charge in [-0.3, -0.25) is 4.98 Å². The summed E-state index contributed by atoms with van der Waals surface area (Å²) in [4.78, 5) is 4.14. The van der Waals surface area contributed by atoms with Crippen LogP contribution >= 0.6 is 0 Å². The molecule has 4 nitrogen and oxygen atoms in total. The zero-order valence-electron chi connectivity index (χ0n) is 9.97. The van der Waals surface area contributed by atoms with Gasteiger partial charge in [0.15, 0.2) is 0 Å². The predicted molar refractivity (Wildman–Crippen MR) is 65.1 cm³/mol. The summed E-state index contributed by atoms with van der Waals surface area (Å²) in [6.45, 7) is 0.311. The molecule has 1 N–H and O–H groups in total. The van der Waals surface area contributed by atoms with Gasteiger partial charge in [-0.2, -0.15) is 0 Å². The second kappa shape index (κ2) is 5.75. The third-order valence-corrected chi connectivity index (χ3v) is 2.42. The molecule has 0 bridgehead atoms. The molecule has 96 valence electrons. The molecule has 0 fully saturated rings. The van der Waals surface area contributed by atoms with Crippen LogP contribution in [0.15, 0.2) is 30.5 Å². The zero-order valence-corrected chi connectivity index (χ0v) is 9.97. The topological polar surface area (TPSA) is 51.6 Å². The largest absolute Gasteiger partial charge is 0.489 e. The van der Waals surface area contributed by atoms with Crippen LogP contribution in [0.1, 0.15) is 0 Å². The van der Waals surface area contributed by atoms with Crippen LogP contribution in [0.4, 0.5) is 4.39 Å². The van der Waals surface area contributed by atoms with Crippen LogP contribution in [0.2, 0.25) is 0 Å². The van der Waals surface area contributed by atoms with Gasteiger partial charge in [-0.1, -0.05) is 0 Å². The number of pyridine rings is 1. The molecule has 18 heavy (non-hydrogen) atoms. The molecule has 2 rings (SSSR count). The molecule has 0 aliphatic heterocycles. The summed E-state index contributed by atoms with van der Waals surface area (Å²) < 4.78 is 23.2. The Kier molecular flexibility index (Phi) is 4.07. The van der Waals surface area contributed by atoms with Crippen molar-refractivity contribution >= 4 is 10.9 Å². The number of aliphatic hydroxyl groups excluding tert-OH is 1. The van der Waals surface area contributed by atoms with Gasteiger partial charge in [0.2, 0.25) is 0 Å². The summed E-state index contributed by atoms with van der Waals surface area (Å²) in [6.07, 6.45) is 0.845. The summed E-state index contributed by atoms with van der Waals surface area (Å²) in [5, 5.41) is 10.1. The standard InChI is InChI=1S/C13H14FNO3/c1-17-7-11(16)8-18-12-5-9-4-10(14)2-3-13(9)15-6-12/h2-6,11,16H,7-8H2,1H3/t11-/m1/s1. The summed E-state index contributed by atoms with van der Waals surface area (Å²) in [6, 6.07) is 6.04. The average Bonchev–Trinajstić information content (AvgIpc) is 2.36.